The second kappa shape index (κ2) is 7.43. The highest BCUT2D eigenvalue weighted by Gasteiger charge is 2.29. The minimum absolute atomic E-state index is 0.0283. The SMILES string of the molecule is CCOC(=O)N1CCC[C@H](C(=O)Nc2ccc3c(c2)Cc2ccccc2-3)C1. The number of piperidine rings is 1. The first-order valence-corrected chi connectivity index (χ1v) is 9.59. The Bertz CT molecular complexity index is 878. The van der Waals surface area contributed by atoms with Crippen molar-refractivity contribution in [3.8, 4) is 11.1 Å². The summed E-state index contributed by atoms with van der Waals surface area (Å²) in [7, 11) is 0. The van der Waals surface area contributed by atoms with Crippen molar-refractivity contribution in [1.29, 1.82) is 0 Å². The van der Waals surface area contributed by atoms with E-state index in [2.05, 4.69) is 41.7 Å². The van der Waals surface area contributed by atoms with E-state index in [4.69, 9.17) is 4.74 Å². The van der Waals surface area contributed by atoms with Gasteiger partial charge in [-0.1, -0.05) is 30.3 Å². The minimum Gasteiger partial charge on any atom is -0.450 e. The predicted molar refractivity (Wildman–Crippen MR) is 105 cm³/mol. The van der Waals surface area contributed by atoms with Gasteiger partial charge in [-0.15, -0.1) is 0 Å². The van der Waals surface area contributed by atoms with E-state index < -0.39 is 0 Å². The maximum Gasteiger partial charge on any atom is 0.409 e. The van der Waals surface area contributed by atoms with Gasteiger partial charge >= 0.3 is 6.09 Å². The zero-order valence-electron chi connectivity index (χ0n) is 15.5. The molecule has 1 aliphatic carbocycles. The summed E-state index contributed by atoms with van der Waals surface area (Å²) >= 11 is 0. The monoisotopic (exact) mass is 364 g/mol. The number of nitrogens with zero attached hydrogens (tertiary/aromatic N) is 1. The van der Waals surface area contributed by atoms with Gasteiger partial charge in [-0.25, -0.2) is 4.79 Å². The summed E-state index contributed by atoms with van der Waals surface area (Å²) in [5.74, 6) is -0.229. The molecule has 0 radical (unpaired) electrons. The normalized spacial score (nSPS) is 17.8. The topological polar surface area (TPSA) is 58.6 Å². The summed E-state index contributed by atoms with van der Waals surface area (Å²) in [6, 6.07) is 14.5. The zero-order valence-corrected chi connectivity index (χ0v) is 15.5. The highest BCUT2D eigenvalue weighted by atomic mass is 16.6. The minimum atomic E-state index is -0.328. The molecular formula is C22H24N2O3. The Hall–Kier alpha value is -2.82. The van der Waals surface area contributed by atoms with Gasteiger partial charge in [0.25, 0.3) is 0 Å². The molecule has 1 N–H and O–H groups in total. The van der Waals surface area contributed by atoms with Crippen molar-refractivity contribution in [1.82, 2.24) is 4.90 Å². The second-order valence-corrected chi connectivity index (χ2v) is 7.18. The average molecular weight is 364 g/mol. The molecule has 2 aliphatic rings. The molecule has 0 bridgehead atoms. The van der Waals surface area contributed by atoms with Crippen LogP contribution in [0.5, 0.6) is 0 Å². The van der Waals surface area contributed by atoms with Crippen molar-refractivity contribution in [2.45, 2.75) is 26.2 Å². The van der Waals surface area contributed by atoms with E-state index in [0.29, 0.717) is 19.7 Å². The number of fused-ring (bicyclic) bond motifs is 3. The van der Waals surface area contributed by atoms with Gasteiger partial charge in [0.2, 0.25) is 5.91 Å². The van der Waals surface area contributed by atoms with Crippen LogP contribution in [0.3, 0.4) is 0 Å². The number of benzene rings is 2. The maximum atomic E-state index is 12.7. The number of amides is 2. The number of hydrogen-bond donors (Lipinski definition) is 1. The van der Waals surface area contributed by atoms with Crippen LogP contribution < -0.4 is 5.32 Å². The molecule has 2 aromatic rings. The molecule has 4 rings (SSSR count). The van der Waals surface area contributed by atoms with Crippen molar-refractivity contribution in [3.63, 3.8) is 0 Å². The Morgan fingerprint density at radius 3 is 2.81 bits per heavy atom. The van der Waals surface area contributed by atoms with Crippen LogP contribution in [-0.4, -0.2) is 36.6 Å². The lowest BCUT2D eigenvalue weighted by molar-refractivity contribution is -0.121. The van der Waals surface area contributed by atoms with Crippen molar-refractivity contribution >= 4 is 17.7 Å². The lowest BCUT2D eigenvalue weighted by Crippen LogP contribution is -2.44. The standard InChI is InChI=1S/C22H24N2O3/c1-2-27-22(26)24-11-5-7-16(14-24)21(25)23-18-9-10-20-17(13-18)12-15-6-3-4-8-19(15)20/h3-4,6,8-10,13,16H,2,5,7,11-12,14H2,1H3,(H,23,25)/t16-/m0/s1. The largest absolute Gasteiger partial charge is 0.450 e. The lowest BCUT2D eigenvalue weighted by atomic mass is 9.97. The van der Waals surface area contributed by atoms with E-state index in [1.165, 1.54) is 22.3 Å². The third-order valence-electron chi connectivity index (χ3n) is 5.38. The van der Waals surface area contributed by atoms with Crippen LogP contribution in [0.2, 0.25) is 0 Å². The van der Waals surface area contributed by atoms with Gasteiger partial charge in [-0.2, -0.15) is 0 Å². The number of likely N-dealkylation sites (tertiary alicyclic amines) is 1. The van der Waals surface area contributed by atoms with Crippen LogP contribution in [0.4, 0.5) is 10.5 Å². The number of nitrogens with one attached hydrogen (secondary N) is 1. The van der Waals surface area contributed by atoms with Crippen LogP contribution in [0.15, 0.2) is 42.5 Å². The number of rotatable bonds is 3. The number of hydrogen-bond acceptors (Lipinski definition) is 3. The summed E-state index contributed by atoms with van der Waals surface area (Å²) in [6.07, 6.45) is 2.18. The Morgan fingerprint density at radius 2 is 1.96 bits per heavy atom. The summed E-state index contributed by atoms with van der Waals surface area (Å²) in [5.41, 5.74) is 5.91. The number of ether oxygens (including phenoxy) is 1. The van der Waals surface area contributed by atoms with Crippen LogP contribution in [0.25, 0.3) is 11.1 Å². The predicted octanol–water partition coefficient (Wildman–Crippen LogP) is 4.06. The Balaban J connectivity index is 1.43. The molecule has 1 saturated heterocycles. The van der Waals surface area contributed by atoms with Crippen molar-refractivity contribution < 1.29 is 14.3 Å². The summed E-state index contributed by atoms with van der Waals surface area (Å²) in [5, 5.41) is 3.04. The van der Waals surface area contributed by atoms with Crippen LogP contribution in [0, 0.1) is 5.92 Å². The fourth-order valence-electron chi connectivity index (χ4n) is 4.04. The molecular weight excluding hydrogens is 340 g/mol. The first kappa shape index (κ1) is 17.6. The fraction of sp³-hybridized carbons (Fsp3) is 0.364. The van der Waals surface area contributed by atoms with E-state index in [9.17, 15) is 9.59 Å². The third-order valence-corrected chi connectivity index (χ3v) is 5.38. The molecule has 0 spiro atoms. The molecule has 1 aliphatic heterocycles. The smallest absolute Gasteiger partial charge is 0.409 e. The van der Waals surface area contributed by atoms with Crippen LogP contribution >= 0.6 is 0 Å². The Morgan fingerprint density at radius 1 is 1.15 bits per heavy atom. The Kier molecular flexibility index (Phi) is 4.84. The van der Waals surface area contributed by atoms with E-state index >= 15 is 0 Å². The number of carbonyl (C=O) groups excluding carboxylic acids is 2. The van der Waals surface area contributed by atoms with Gasteiger partial charge in [0.15, 0.2) is 0 Å². The first-order valence-electron chi connectivity index (χ1n) is 9.59. The third kappa shape index (κ3) is 3.54. The van der Waals surface area contributed by atoms with Gasteiger partial charge in [0, 0.05) is 18.8 Å². The van der Waals surface area contributed by atoms with Crippen LogP contribution in [0.1, 0.15) is 30.9 Å². The van der Waals surface area contributed by atoms with Crippen molar-refractivity contribution in [3.05, 3.63) is 53.6 Å². The molecule has 1 heterocycles. The van der Waals surface area contributed by atoms with E-state index in [1.807, 2.05) is 6.07 Å². The summed E-state index contributed by atoms with van der Waals surface area (Å²) < 4.78 is 5.06. The van der Waals surface area contributed by atoms with Gasteiger partial charge in [0.1, 0.15) is 0 Å². The summed E-state index contributed by atoms with van der Waals surface area (Å²) in [6.45, 7) is 3.21. The second-order valence-electron chi connectivity index (χ2n) is 7.18. The summed E-state index contributed by atoms with van der Waals surface area (Å²) in [4.78, 5) is 26.3. The molecule has 1 fully saturated rings. The van der Waals surface area contributed by atoms with Crippen molar-refractivity contribution in [2.75, 3.05) is 25.0 Å². The van der Waals surface area contributed by atoms with Gasteiger partial charge in [-0.05, 0) is 60.6 Å². The molecule has 2 amide bonds. The van der Waals surface area contributed by atoms with Crippen LogP contribution in [-0.2, 0) is 16.0 Å². The van der Waals surface area contributed by atoms with Gasteiger partial charge in [0.05, 0.1) is 12.5 Å². The van der Waals surface area contributed by atoms with Gasteiger partial charge in [-0.3, -0.25) is 4.79 Å². The van der Waals surface area contributed by atoms with E-state index in [1.54, 1.807) is 11.8 Å². The molecule has 27 heavy (non-hydrogen) atoms. The molecule has 140 valence electrons. The molecule has 5 heteroatoms. The molecule has 2 aromatic carbocycles. The molecule has 0 aromatic heterocycles. The molecule has 1 atom stereocenters. The van der Waals surface area contributed by atoms with E-state index in [-0.39, 0.29) is 17.9 Å². The van der Waals surface area contributed by atoms with Gasteiger partial charge < -0.3 is 15.0 Å². The fourth-order valence-corrected chi connectivity index (χ4v) is 4.04. The van der Waals surface area contributed by atoms with E-state index in [0.717, 1.165) is 24.9 Å². The molecule has 0 unspecified atom stereocenters. The molecule has 0 saturated carbocycles. The van der Waals surface area contributed by atoms with Crippen molar-refractivity contribution in [2.24, 2.45) is 5.92 Å². The highest BCUT2D eigenvalue weighted by molar-refractivity contribution is 5.94. The average Bonchev–Trinajstić information content (AvgIpc) is 3.06. The first-order chi connectivity index (χ1) is 13.2. The lowest BCUT2D eigenvalue weighted by Gasteiger charge is -2.31. The number of carbonyl (C=O) groups is 2. The highest BCUT2D eigenvalue weighted by Crippen LogP contribution is 2.37. The zero-order chi connectivity index (χ0) is 18.8. The number of anilines is 1. The molecule has 5 nitrogen and oxygen atoms in total. The maximum absolute atomic E-state index is 12.7. The Labute approximate surface area is 159 Å². The quantitative estimate of drug-likeness (QED) is 0.762.